The van der Waals surface area contributed by atoms with Gasteiger partial charge in [0.25, 0.3) is 5.91 Å². The molecule has 3 aromatic heterocycles. The number of piperidine rings is 1. The summed E-state index contributed by atoms with van der Waals surface area (Å²) in [6.07, 6.45) is 4.85. The average Bonchev–Trinajstić information content (AvgIpc) is 3.89. The van der Waals surface area contributed by atoms with Crippen molar-refractivity contribution in [2.24, 2.45) is 16.7 Å². The maximum Gasteiger partial charge on any atom is 0.326 e. The molecule has 0 unspecified atom stereocenters. The van der Waals surface area contributed by atoms with Crippen LogP contribution in [0.4, 0.5) is 4.79 Å². The van der Waals surface area contributed by atoms with Gasteiger partial charge in [0.15, 0.2) is 0 Å². The van der Waals surface area contributed by atoms with Crippen LogP contribution in [0.25, 0.3) is 33.4 Å². The molecular weight excluding hydrogens is 919 g/mol. The van der Waals surface area contributed by atoms with Gasteiger partial charge in [-0.1, -0.05) is 46.6 Å². The predicted octanol–water partition coefficient (Wildman–Crippen LogP) is 5.67. The molecule has 3 saturated heterocycles. The lowest BCUT2D eigenvalue weighted by Crippen LogP contribution is -2.69. The van der Waals surface area contributed by atoms with E-state index in [-0.39, 0.29) is 37.4 Å². The van der Waals surface area contributed by atoms with Gasteiger partial charge in [-0.3, -0.25) is 29.2 Å². The number of thiol groups is 1. The summed E-state index contributed by atoms with van der Waals surface area (Å²) in [7, 11) is 8.88. The molecule has 68 heavy (non-hydrogen) atoms. The smallest absolute Gasteiger partial charge is 0.326 e. The Morgan fingerprint density at radius 3 is 2.60 bits per heavy atom. The number of fused-ring (bicyclic) bond motifs is 6. The number of esters is 1. The third-order valence-corrected chi connectivity index (χ3v) is 16.0. The van der Waals surface area contributed by atoms with Gasteiger partial charge in [-0.05, 0) is 81.7 Å². The number of carbonyl (C=O) groups excluding carboxylic acids is 5. The third kappa shape index (κ3) is 9.20. The van der Waals surface area contributed by atoms with Crippen LogP contribution in [-0.2, 0) is 53.3 Å². The monoisotopic (exact) mass is 982 g/mol. The van der Waals surface area contributed by atoms with Gasteiger partial charge in [-0.25, -0.2) is 9.78 Å². The first kappa shape index (κ1) is 49.6. The lowest BCUT2D eigenvalue weighted by Gasteiger charge is -2.53. The number of nitrogens with one attached hydrogen (secondary N) is 1. The van der Waals surface area contributed by atoms with Gasteiger partial charge >= 0.3 is 12.0 Å². The van der Waals surface area contributed by atoms with E-state index in [0.717, 1.165) is 57.5 Å². The van der Waals surface area contributed by atoms with Gasteiger partial charge < -0.3 is 34.1 Å². The molecule has 5 amide bonds. The molecule has 4 aliphatic rings. The molecule has 16 nitrogen and oxygen atoms in total. The number of cyclic esters (lactones) is 1. The summed E-state index contributed by atoms with van der Waals surface area (Å²) in [4.78, 5) is 85.4. The van der Waals surface area contributed by atoms with E-state index >= 15 is 0 Å². The number of pyridine rings is 1. The maximum absolute atomic E-state index is 14.8. The molecule has 363 valence electrons. The zero-order chi connectivity index (χ0) is 49.0. The fourth-order valence-electron chi connectivity index (χ4n) is 10.6. The summed E-state index contributed by atoms with van der Waals surface area (Å²) in [5, 5.41) is 7.15. The predicted molar refractivity (Wildman–Crippen MR) is 264 cm³/mol. The lowest BCUT2D eigenvalue weighted by molar-refractivity contribution is -0.164. The molecule has 1 aromatic carbocycles. The van der Waals surface area contributed by atoms with E-state index in [0.29, 0.717) is 50.4 Å². The van der Waals surface area contributed by atoms with Crippen molar-refractivity contribution in [2.45, 2.75) is 110 Å². The summed E-state index contributed by atoms with van der Waals surface area (Å²) >= 11 is 6.16. The lowest BCUT2D eigenvalue weighted by atomic mass is 9.72. The van der Waals surface area contributed by atoms with E-state index in [9.17, 15) is 24.0 Å². The van der Waals surface area contributed by atoms with Crippen LogP contribution in [0.5, 0.6) is 0 Å². The Bertz CT molecular complexity index is 2610. The molecule has 1 spiro atoms. The molecule has 0 aliphatic carbocycles. The minimum atomic E-state index is -1.13. The number of hydrogen-bond acceptors (Lipinski definition) is 12. The van der Waals surface area contributed by atoms with Crippen molar-refractivity contribution in [3.05, 3.63) is 58.2 Å². The number of aromatic nitrogens is 3. The van der Waals surface area contributed by atoms with Crippen LogP contribution in [0, 0.1) is 16.7 Å². The van der Waals surface area contributed by atoms with Crippen molar-refractivity contribution in [2.75, 3.05) is 54.0 Å². The number of hydrazine groups is 1. The molecule has 3 radical (unpaired) electrons. The van der Waals surface area contributed by atoms with Crippen molar-refractivity contribution >= 4 is 75.0 Å². The number of thiazole rings is 1. The second-order valence-corrected chi connectivity index (χ2v) is 22.6. The van der Waals surface area contributed by atoms with E-state index in [1.54, 1.807) is 37.2 Å². The quantitative estimate of drug-likeness (QED) is 0.128. The van der Waals surface area contributed by atoms with Crippen molar-refractivity contribution in [1.82, 2.24) is 44.0 Å². The highest BCUT2D eigenvalue weighted by Gasteiger charge is 2.54. The van der Waals surface area contributed by atoms with Crippen molar-refractivity contribution in [1.29, 1.82) is 0 Å². The van der Waals surface area contributed by atoms with Gasteiger partial charge in [-0.15, -0.1) is 11.3 Å². The second kappa shape index (κ2) is 19.2. The SMILES string of the molecule is CCn1c(-c2cccnc2[C@@](C)([Si])OC)c2c3cc(ccc31)-c1csc(n1)C[C@H](NC(=O)[C@H](C(C)C)N(C)C(=O)N1CC3(CCCN(C)C3=O)C1)C(=O)N1CCC[C@@H](C(=O)OCC(C)(C)C2)N1S. The Kier molecular flexibility index (Phi) is 14.0. The van der Waals surface area contributed by atoms with Crippen LogP contribution in [0.2, 0.25) is 0 Å². The zero-order valence-electron chi connectivity index (χ0n) is 40.6. The minimum absolute atomic E-state index is 0.0433. The molecular formula is C49H64N9O7S2Si. The molecule has 7 heterocycles. The molecule has 4 atom stereocenters. The number of nitrogens with zero attached hydrogens (tertiary/aromatic N) is 8. The molecule has 19 heteroatoms. The molecule has 3 fully saturated rings. The Morgan fingerprint density at radius 1 is 1.15 bits per heavy atom. The van der Waals surface area contributed by atoms with Gasteiger partial charge in [0, 0.05) is 99.4 Å². The van der Waals surface area contributed by atoms with Crippen LogP contribution < -0.4 is 5.32 Å². The van der Waals surface area contributed by atoms with Crippen molar-refractivity contribution < 1.29 is 33.4 Å². The first-order valence-corrected chi connectivity index (χ1v) is 25.4. The molecule has 4 aromatic rings. The number of benzene rings is 1. The molecule has 4 aliphatic heterocycles. The van der Waals surface area contributed by atoms with Crippen LogP contribution in [0.15, 0.2) is 41.9 Å². The van der Waals surface area contributed by atoms with E-state index < -0.39 is 52.0 Å². The number of methoxy groups -OCH3 is 1. The highest BCUT2D eigenvalue weighted by atomic mass is 32.1. The van der Waals surface area contributed by atoms with Gasteiger partial charge in [0.2, 0.25) is 11.8 Å². The highest BCUT2D eigenvalue weighted by Crippen LogP contribution is 2.43. The summed E-state index contributed by atoms with van der Waals surface area (Å²) in [6, 6.07) is 7.01. The van der Waals surface area contributed by atoms with E-state index in [2.05, 4.69) is 65.2 Å². The summed E-state index contributed by atoms with van der Waals surface area (Å²) in [5.74, 6) is -1.76. The molecule has 1 N–H and O–H groups in total. The third-order valence-electron chi connectivity index (χ3n) is 14.2. The molecule has 0 saturated carbocycles. The van der Waals surface area contributed by atoms with E-state index in [1.807, 2.05) is 32.2 Å². The summed E-state index contributed by atoms with van der Waals surface area (Å²) in [6.45, 7) is 14.2. The first-order chi connectivity index (χ1) is 32.2. The number of hydrogen-bond donors (Lipinski definition) is 2. The maximum atomic E-state index is 14.8. The van der Waals surface area contributed by atoms with Gasteiger partial charge in [0.05, 0.1) is 49.6 Å². The largest absolute Gasteiger partial charge is 0.464 e. The van der Waals surface area contributed by atoms with Gasteiger partial charge in [0.1, 0.15) is 18.1 Å². The average molecular weight is 983 g/mol. The van der Waals surface area contributed by atoms with Crippen LogP contribution in [0.3, 0.4) is 0 Å². The topological polar surface area (TPSA) is 163 Å². The number of rotatable bonds is 8. The highest BCUT2D eigenvalue weighted by molar-refractivity contribution is 7.77. The Morgan fingerprint density at radius 2 is 1.90 bits per heavy atom. The number of aryl methyl sites for hydroxylation is 1. The zero-order valence-corrected chi connectivity index (χ0v) is 43.3. The second-order valence-electron chi connectivity index (χ2n) is 20.3. The van der Waals surface area contributed by atoms with E-state index in [1.165, 1.54) is 25.7 Å². The van der Waals surface area contributed by atoms with Crippen molar-refractivity contribution in [3.63, 3.8) is 0 Å². The molecule has 8 rings (SSSR count). The van der Waals surface area contributed by atoms with Crippen LogP contribution >= 0.6 is 24.2 Å². The minimum Gasteiger partial charge on any atom is -0.464 e. The van der Waals surface area contributed by atoms with E-state index in [4.69, 9.17) is 32.3 Å². The Balaban J connectivity index is 1.16. The normalized spacial score (nSPS) is 22.4. The number of amides is 5. The fourth-order valence-corrected chi connectivity index (χ4v) is 12.0. The number of ether oxygens (including phenoxy) is 2. The standard InChI is InChI=1S/C49H64N9O7S2Si/c1-10-56-36-17-16-30-22-32(36)33(40(56)31-14-11-19-50-41(31)48(6,68)64-9)24-47(4,5)28-65-44(61)37-15-12-21-57(58(37)66)43(60)34(23-38-51-35(30)25-67-38)52-42(59)39(29(2)3)54(8)46(63)55-26-49(27-55)18-13-20-53(7)45(49)62/h11,14,16-17,19,22,25,29,34,37,39,66H,10,12-13,15,18,20-21,23-24,26-28H2,1-9H3,(H,52,59)/t34-,37-,39-,48+/m0/s1. The number of likely N-dealkylation sites (N-methyl/N-ethyl adjacent to an activating group) is 1. The fraction of sp³-hybridized carbons (Fsp3) is 0.571. The Hall–Kier alpha value is -4.82. The number of carbonyl (C=O) groups is 5. The first-order valence-electron chi connectivity index (χ1n) is 23.6. The number of likely N-dealkylation sites (tertiary alicyclic amines) is 2. The van der Waals surface area contributed by atoms with Crippen molar-refractivity contribution in [3.8, 4) is 22.5 Å². The Labute approximate surface area is 412 Å². The summed E-state index contributed by atoms with van der Waals surface area (Å²) in [5.41, 5.74) is 5.16. The number of urea groups is 1. The van der Waals surface area contributed by atoms with Crippen LogP contribution in [0.1, 0.15) is 83.5 Å². The summed E-state index contributed by atoms with van der Waals surface area (Å²) < 4.78 is 15.7. The van der Waals surface area contributed by atoms with Crippen LogP contribution in [-0.4, -0.2) is 151 Å². The van der Waals surface area contributed by atoms with Gasteiger partial charge in [-0.2, -0.15) is 4.41 Å². The molecule has 6 bridgehead atoms.